The van der Waals surface area contributed by atoms with Crippen molar-refractivity contribution in [2.45, 2.75) is 20.8 Å². The molecular weight excluding hydrogens is 138 g/mol. The molecule has 11 heavy (non-hydrogen) atoms. The normalized spacial score (nSPS) is 10.2. The molecule has 0 amide bonds. The van der Waals surface area contributed by atoms with Crippen LogP contribution in [0.1, 0.15) is 16.7 Å². The van der Waals surface area contributed by atoms with Gasteiger partial charge in [0, 0.05) is 0 Å². The second-order valence-corrected chi connectivity index (χ2v) is 3.05. The number of benzene rings is 1. The van der Waals surface area contributed by atoms with Gasteiger partial charge in [0.05, 0.1) is 0 Å². The van der Waals surface area contributed by atoms with Crippen LogP contribution < -0.4 is 5.46 Å². The smallest absolute Gasteiger partial charge is 0.139 e. The van der Waals surface area contributed by atoms with Crippen LogP contribution in [-0.2, 0) is 0 Å². The SMILES string of the molecule is Bc1cc(F)c(C)c(C)c1C. The van der Waals surface area contributed by atoms with Gasteiger partial charge in [0.1, 0.15) is 13.7 Å². The topological polar surface area (TPSA) is 0 Å². The molecule has 0 N–H and O–H groups in total. The predicted molar refractivity (Wildman–Crippen MR) is 48.8 cm³/mol. The lowest BCUT2D eigenvalue weighted by Crippen LogP contribution is -2.11. The van der Waals surface area contributed by atoms with E-state index in [1.165, 1.54) is 5.56 Å². The van der Waals surface area contributed by atoms with Gasteiger partial charge in [-0.1, -0.05) is 11.0 Å². The summed E-state index contributed by atoms with van der Waals surface area (Å²) in [6.07, 6.45) is 0. The summed E-state index contributed by atoms with van der Waals surface area (Å²) in [6, 6.07) is 1.59. The molecule has 0 heterocycles. The first-order valence-corrected chi connectivity index (χ1v) is 3.77. The van der Waals surface area contributed by atoms with Crippen LogP contribution in [0.2, 0.25) is 0 Å². The molecule has 0 bridgehead atoms. The standard InChI is InChI=1S/C9H12BF/c1-5-6(2)8(10)4-9(11)7(5)3/h4H,10H2,1-3H3. The molecular formula is C9H12BF. The molecule has 0 aliphatic rings. The van der Waals surface area contributed by atoms with Gasteiger partial charge >= 0.3 is 0 Å². The number of hydrogen-bond acceptors (Lipinski definition) is 0. The highest BCUT2D eigenvalue weighted by atomic mass is 19.1. The largest absolute Gasteiger partial charge is 0.207 e. The van der Waals surface area contributed by atoms with Crippen LogP contribution in [0.3, 0.4) is 0 Å². The van der Waals surface area contributed by atoms with Crippen molar-refractivity contribution in [2.24, 2.45) is 0 Å². The van der Waals surface area contributed by atoms with Crippen LogP contribution in [0, 0.1) is 26.6 Å². The molecule has 0 radical (unpaired) electrons. The van der Waals surface area contributed by atoms with E-state index >= 15 is 0 Å². The average molecular weight is 150 g/mol. The van der Waals surface area contributed by atoms with Crippen LogP contribution in [-0.4, -0.2) is 7.85 Å². The summed E-state index contributed by atoms with van der Waals surface area (Å²) in [6.45, 7) is 5.80. The summed E-state index contributed by atoms with van der Waals surface area (Å²) in [7, 11) is 1.94. The Kier molecular flexibility index (Phi) is 2.03. The van der Waals surface area contributed by atoms with Crippen molar-refractivity contribution in [1.82, 2.24) is 0 Å². The molecule has 0 aromatic heterocycles. The van der Waals surface area contributed by atoms with Gasteiger partial charge in [0.15, 0.2) is 0 Å². The highest BCUT2D eigenvalue weighted by Gasteiger charge is 2.04. The Hall–Kier alpha value is -0.785. The van der Waals surface area contributed by atoms with Crippen molar-refractivity contribution in [1.29, 1.82) is 0 Å². The second kappa shape index (κ2) is 2.69. The van der Waals surface area contributed by atoms with Gasteiger partial charge in [0.2, 0.25) is 0 Å². The molecule has 0 saturated carbocycles. The number of rotatable bonds is 0. The quantitative estimate of drug-likeness (QED) is 0.484. The Bertz CT molecular complexity index is 266. The first-order chi connectivity index (χ1) is 5.04. The second-order valence-electron chi connectivity index (χ2n) is 3.05. The summed E-state index contributed by atoms with van der Waals surface area (Å²) < 4.78 is 13.0. The van der Waals surface area contributed by atoms with E-state index in [2.05, 4.69) is 0 Å². The van der Waals surface area contributed by atoms with Crippen LogP contribution in [0.15, 0.2) is 6.07 Å². The fourth-order valence-corrected chi connectivity index (χ4v) is 1.16. The fourth-order valence-electron chi connectivity index (χ4n) is 1.16. The maximum atomic E-state index is 13.0. The van der Waals surface area contributed by atoms with Gasteiger partial charge in [-0.25, -0.2) is 4.39 Å². The van der Waals surface area contributed by atoms with E-state index < -0.39 is 0 Å². The maximum absolute atomic E-state index is 13.0. The molecule has 0 nitrogen and oxygen atoms in total. The summed E-state index contributed by atoms with van der Waals surface area (Å²) in [5.41, 5.74) is 4.07. The number of halogens is 1. The fraction of sp³-hybridized carbons (Fsp3) is 0.333. The van der Waals surface area contributed by atoms with Gasteiger partial charge in [-0.15, -0.1) is 0 Å². The molecule has 0 aliphatic heterocycles. The van der Waals surface area contributed by atoms with Crippen molar-refractivity contribution in [2.75, 3.05) is 0 Å². The zero-order valence-corrected chi connectivity index (χ0v) is 7.46. The zero-order valence-electron chi connectivity index (χ0n) is 7.46. The molecule has 0 saturated heterocycles. The molecule has 58 valence electrons. The van der Waals surface area contributed by atoms with E-state index in [-0.39, 0.29) is 5.82 Å². The molecule has 2 heteroatoms. The van der Waals surface area contributed by atoms with Crippen LogP contribution in [0.5, 0.6) is 0 Å². The Morgan fingerprint density at radius 2 is 1.64 bits per heavy atom. The third kappa shape index (κ3) is 1.30. The van der Waals surface area contributed by atoms with E-state index in [1.54, 1.807) is 6.07 Å². The van der Waals surface area contributed by atoms with Gasteiger partial charge in [-0.05, 0) is 38.0 Å². The Morgan fingerprint density at radius 3 is 2.18 bits per heavy atom. The molecule has 0 unspecified atom stereocenters. The highest BCUT2D eigenvalue weighted by molar-refractivity contribution is 6.33. The third-order valence-electron chi connectivity index (χ3n) is 2.42. The minimum Gasteiger partial charge on any atom is -0.207 e. The Morgan fingerprint density at radius 1 is 1.09 bits per heavy atom. The van der Waals surface area contributed by atoms with Gasteiger partial charge in [0.25, 0.3) is 0 Å². The van der Waals surface area contributed by atoms with Gasteiger partial charge < -0.3 is 0 Å². The summed E-state index contributed by atoms with van der Waals surface area (Å²) in [5, 5.41) is 0. The molecule has 0 spiro atoms. The van der Waals surface area contributed by atoms with Crippen LogP contribution in [0.4, 0.5) is 4.39 Å². The minimum atomic E-state index is -0.0920. The first-order valence-electron chi connectivity index (χ1n) is 3.77. The van der Waals surface area contributed by atoms with E-state index in [9.17, 15) is 4.39 Å². The molecule has 1 aromatic rings. The van der Waals surface area contributed by atoms with Crippen molar-refractivity contribution in [3.8, 4) is 0 Å². The Labute approximate surface area is 67.8 Å². The van der Waals surface area contributed by atoms with Crippen molar-refractivity contribution < 1.29 is 4.39 Å². The van der Waals surface area contributed by atoms with Gasteiger partial charge in [-0.2, -0.15) is 0 Å². The van der Waals surface area contributed by atoms with Crippen molar-refractivity contribution >= 4 is 13.3 Å². The van der Waals surface area contributed by atoms with E-state index in [4.69, 9.17) is 0 Å². The lowest BCUT2D eigenvalue weighted by atomic mass is 9.87. The lowest BCUT2D eigenvalue weighted by molar-refractivity contribution is 0.617. The highest BCUT2D eigenvalue weighted by Crippen LogP contribution is 2.12. The minimum absolute atomic E-state index is 0.0920. The summed E-state index contributed by atoms with van der Waals surface area (Å²) in [5.74, 6) is -0.0920. The third-order valence-corrected chi connectivity index (χ3v) is 2.42. The predicted octanol–water partition coefficient (Wildman–Crippen LogP) is 1.01. The maximum Gasteiger partial charge on any atom is 0.139 e. The van der Waals surface area contributed by atoms with Crippen LogP contribution >= 0.6 is 0 Å². The molecule has 0 atom stereocenters. The molecule has 1 aromatic carbocycles. The van der Waals surface area contributed by atoms with Crippen LogP contribution in [0.25, 0.3) is 0 Å². The molecule has 0 fully saturated rings. The summed E-state index contributed by atoms with van der Waals surface area (Å²) in [4.78, 5) is 0. The first kappa shape index (κ1) is 8.31. The van der Waals surface area contributed by atoms with E-state index in [0.29, 0.717) is 0 Å². The van der Waals surface area contributed by atoms with Crippen molar-refractivity contribution in [3.63, 3.8) is 0 Å². The van der Waals surface area contributed by atoms with E-state index in [0.717, 1.165) is 16.6 Å². The molecule has 1 rings (SSSR count). The monoisotopic (exact) mass is 150 g/mol. The average Bonchev–Trinajstić information content (AvgIpc) is 1.97. The zero-order chi connectivity index (χ0) is 8.59. The Balaban J connectivity index is 3.46. The molecule has 0 aliphatic carbocycles. The summed E-state index contributed by atoms with van der Waals surface area (Å²) >= 11 is 0. The lowest BCUT2D eigenvalue weighted by Gasteiger charge is -2.08. The van der Waals surface area contributed by atoms with Gasteiger partial charge in [-0.3, -0.25) is 0 Å². The van der Waals surface area contributed by atoms with E-state index in [1.807, 2.05) is 28.6 Å². The number of hydrogen-bond donors (Lipinski definition) is 0. The van der Waals surface area contributed by atoms with Crippen molar-refractivity contribution in [3.05, 3.63) is 28.6 Å².